The number of aliphatic hydroxyl groups is 1. The quantitative estimate of drug-likeness (QED) is 0.745. The van der Waals surface area contributed by atoms with Crippen LogP contribution in [0.25, 0.3) is 22.4 Å². The zero-order valence-electron chi connectivity index (χ0n) is 9.74. The van der Waals surface area contributed by atoms with Crippen molar-refractivity contribution in [1.29, 1.82) is 0 Å². The summed E-state index contributed by atoms with van der Waals surface area (Å²) >= 11 is 0. The van der Waals surface area contributed by atoms with E-state index in [-0.39, 0.29) is 5.82 Å². The molecule has 0 aliphatic rings. The van der Waals surface area contributed by atoms with Crippen molar-refractivity contribution in [3.05, 3.63) is 42.4 Å². The number of aromatic nitrogens is 3. The fourth-order valence-electron chi connectivity index (χ4n) is 1.80. The number of hydrogen-bond donors (Lipinski definition) is 1. The fourth-order valence-corrected chi connectivity index (χ4v) is 1.80. The van der Waals surface area contributed by atoms with Gasteiger partial charge in [-0.3, -0.25) is 4.98 Å². The average molecular weight is 241 g/mol. The molecule has 1 aromatic carbocycles. The molecule has 2 heterocycles. The van der Waals surface area contributed by atoms with E-state index in [2.05, 4.69) is 15.1 Å². The number of rotatable bonds is 2. The third-order valence-electron chi connectivity index (χ3n) is 2.69. The van der Waals surface area contributed by atoms with Crippen molar-refractivity contribution < 1.29 is 9.63 Å². The van der Waals surface area contributed by atoms with E-state index in [1.807, 2.05) is 30.3 Å². The van der Waals surface area contributed by atoms with Crippen LogP contribution in [0.2, 0.25) is 0 Å². The lowest BCUT2D eigenvalue weighted by Crippen LogP contribution is -1.93. The van der Waals surface area contributed by atoms with Crippen molar-refractivity contribution >= 4 is 10.9 Å². The van der Waals surface area contributed by atoms with Gasteiger partial charge in [0, 0.05) is 11.6 Å². The summed E-state index contributed by atoms with van der Waals surface area (Å²) in [5.41, 5.74) is 1.69. The minimum atomic E-state index is -0.740. The lowest BCUT2D eigenvalue weighted by molar-refractivity contribution is 0.184. The molecule has 1 N–H and O–H groups in total. The summed E-state index contributed by atoms with van der Waals surface area (Å²) in [6.45, 7) is 1.60. The molecule has 3 aromatic rings. The third kappa shape index (κ3) is 1.74. The molecule has 5 nitrogen and oxygen atoms in total. The van der Waals surface area contributed by atoms with E-state index in [1.165, 1.54) is 0 Å². The molecule has 18 heavy (non-hydrogen) atoms. The van der Waals surface area contributed by atoms with Crippen LogP contribution in [0, 0.1) is 0 Å². The Labute approximate surface area is 103 Å². The van der Waals surface area contributed by atoms with E-state index in [9.17, 15) is 5.11 Å². The van der Waals surface area contributed by atoms with Crippen LogP contribution in [0.15, 0.2) is 41.1 Å². The van der Waals surface area contributed by atoms with E-state index in [0.717, 1.165) is 16.5 Å². The second-order valence-electron chi connectivity index (χ2n) is 4.01. The van der Waals surface area contributed by atoms with Gasteiger partial charge in [0.1, 0.15) is 6.10 Å². The first-order chi connectivity index (χ1) is 8.75. The highest BCUT2D eigenvalue weighted by Crippen LogP contribution is 2.26. The average Bonchev–Trinajstić information content (AvgIpc) is 2.87. The van der Waals surface area contributed by atoms with Gasteiger partial charge in [0.2, 0.25) is 0 Å². The molecule has 0 radical (unpaired) electrons. The molecule has 0 fully saturated rings. The minimum Gasteiger partial charge on any atom is -0.385 e. The van der Waals surface area contributed by atoms with Gasteiger partial charge in [-0.2, -0.15) is 4.98 Å². The number of hydrogen-bond acceptors (Lipinski definition) is 5. The summed E-state index contributed by atoms with van der Waals surface area (Å²) in [4.78, 5) is 8.44. The molecule has 3 rings (SSSR count). The largest absolute Gasteiger partial charge is 0.385 e. The molecule has 2 aromatic heterocycles. The van der Waals surface area contributed by atoms with Gasteiger partial charge < -0.3 is 9.63 Å². The molecule has 0 amide bonds. The topological polar surface area (TPSA) is 72.0 Å². The Morgan fingerprint density at radius 1 is 1.22 bits per heavy atom. The van der Waals surface area contributed by atoms with Crippen LogP contribution in [-0.4, -0.2) is 20.2 Å². The van der Waals surface area contributed by atoms with Crippen LogP contribution in [0.1, 0.15) is 18.9 Å². The zero-order chi connectivity index (χ0) is 12.5. The molecule has 1 unspecified atom stereocenters. The number of pyridine rings is 1. The van der Waals surface area contributed by atoms with Crippen molar-refractivity contribution in [2.45, 2.75) is 13.0 Å². The molecule has 0 bridgehead atoms. The first-order valence-corrected chi connectivity index (χ1v) is 5.61. The summed E-state index contributed by atoms with van der Waals surface area (Å²) in [6, 6.07) is 9.55. The van der Waals surface area contributed by atoms with Gasteiger partial charge in [0.05, 0.1) is 11.1 Å². The molecule has 0 spiro atoms. The Hall–Kier alpha value is -2.27. The van der Waals surface area contributed by atoms with Crippen LogP contribution < -0.4 is 0 Å². The molecular weight excluding hydrogens is 230 g/mol. The third-order valence-corrected chi connectivity index (χ3v) is 2.69. The summed E-state index contributed by atoms with van der Waals surface area (Å²) in [5, 5.41) is 14.1. The summed E-state index contributed by atoms with van der Waals surface area (Å²) < 4.78 is 5.17. The van der Waals surface area contributed by atoms with Crippen molar-refractivity contribution in [1.82, 2.24) is 15.1 Å². The normalized spacial score (nSPS) is 12.8. The van der Waals surface area contributed by atoms with Gasteiger partial charge in [-0.1, -0.05) is 23.4 Å². The maximum absolute atomic E-state index is 9.40. The molecule has 0 aliphatic carbocycles. The Kier molecular flexibility index (Phi) is 2.53. The van der Waals surface area contributed by atoms with Crippen LogP contribution >= 0.6 is 0 Å². The monoisotopic (exact) mass is 241 g/mol. The van der Waals surface area contributed by atoms with Gasteiger partial charge in [0.15, 0.2) is 5.82 Å². The van der Waals surface area contributed by atoms with E-state index in [0.29, 0.717) is 5.89 Å². The summed E-state index contributed by atoms with van der Waals surface area (Å²) in [5.74, 6) is 0.676. The Bertz CT molecular complexity index is 686. The lowest BCUT2D eigenvalue weighted by atomic mass is 10.1. The molecular formula is C13H11N3O2. The fraction of sp³-hybridized carbons (Fsp3) is 0.154. The first kappa shape index (κ1) is 10.9. The number of benzene rings is 1. The SMILES string of the molecule is CC(O)c1noc(-c2ccnc3ccccc23)n1. The van der Waals surface area contributed by atoms with Crippen molar-refractivity contribution in [2.24, 2.45) is 0 Å². The van der Waals surface area contributed by atoms with Gasteiger partial charge in [-0.25, -0.2) is 0 Å². The first-order valence-electron chi connectivity index (χ1n) is 5.61. The Morgan fingerprint density at radius 3 is 2.83 bits per heavy atom. The summed E-state index contributed by atoms with van der Waals surface area (Å²) in [6.07, 6.45) is 0.958. The minimum absolute atomic E-state index is 0.283. The molecule has 0 saturated heterocycles. The Balaban J connectivity index is 2.18. The van der Waals surface area contributed by atoms with Gasteiger partial charge >= 0.3 is 0 Å². The van der Waals surface area contributed by atoms with Crippen molar-refractivity contribution in [3.8, 4) is 11.5 Å². The van der Waals surface area contributed by atoms with Crippen LogP contribution in [0.4, 0.5) is 0 Å². The van der Waals surface area contributed by atoms with Gasteiger partial charge in [0.25, 0.3) is 5.89 Å². The predicted octanol–water partition coefficient (Wildman–Crippen LogP) is 2.34. The smallest absolute Gasteiger partial charge is 0.258 e. The zero-order valence-corrected chi connectivity index (χ0v) is 9.74. The number of aliphatic hydroxyl groups excluding tert-OH is 1. The van der Waals surface area contributed by atoms with Gasteiger partial charge in [-0.05, 0) is 19.1 Å². The van der Waals surface area contributed by atoms with Crippen molar-refractivity contribution in [2.75, 3.05) is 0 Å². The highest BCUT2D eigenvalue weighted by Gasteiger charge is 2.14. The number of nitrogens with zero attached hydrogens (tertiary/aromatic N) is 3. The Morgan fingerprint density at radius 2 is 2.06 bits per heavy atom. The molecule has 1 atom stereocenters. The van der Waals surface area contributed by atoms with Gasteiger partial charge in [-0.15, -0.1) is 0 Å². The van der Waals surface area contributed by atoms with E-state index >= 15 is 0 Å². The van der Waals surface area contributed by atoms with Crippen LogP contribution in [0.5, 0.6) is 0 Å². The molecule has 0 aliphatic heterocycles. The van der Waals surface area contributed by atoms with Crippen molar-refractivity contribution in [3.63, 3.8) is 0 Å². The van der Waals surface area contributed by atoms with Crippen LogP contribution in [0.3, 0.4) is 0 Å². The highest BCUT2D eigenvalue weighted by molar-refractivity contribution is 5.91. The molecule has 90 valence electrons. The standard InChI is InChI=1S/C13H11N3O2/c1-8(17)12-15-13(18-16-12)10-6-7-14-11-5-3-2-4-9(10)11/h2-8,17H,1H3. The molecule has 0 saturated carbocycles. The van der Waals surface area contributed by atoms with E-state index in [1.54, 1.807) is 13.1 Å². The second kappa shape index (κ2) is 4.19. The number of fused-ring (bicyclic) bond motifs is 1. The lowest BCUT2D eigenvalue weighted by Gasteiger charge is -2.00. The second-order valence-corrected chi connectivity index (χ2v) is 4.01. The van der Waals surface area contributed by atoms with E-state index < -0.39 is 6.10 Å². The van der Waals surface area contributed by atoms with E-state index in [4.69, 9.17) is 4.52 Å². The van der Waals surface area contributed by atoms with Crippen LogP contribution in [-0.2, 0) is 0 Å². The maximum Gasteiger partial charge on any atom is 0.258 e. The summed E-state index contributed by atoms with van der Waals surface area (Å²) in [7, 11) is 0. The predicted molar refractivity (Wildman–Crippen MR) is 65.7 cm³/mol. The highest BCUT2D eigenvalue weighted by atomic mass is 16.5. The molecule has 5 heteroatoms. The maximum atomic E-state index is 9.40. The number of para-hydroxylation sites is 1.